The van der Waals surface area contributed by atoms with E-state index in [1.165, 1.54) is 13.2 Å². The lowest BCUT2D eigenvalue weighted by Crippen LogP contribution is -2.00. The van der Waals surface area contributed by atoms with Gasteiger partial charge in [-0.15, -0.1) is 0 Å². The van der Waals surface area contributed by atoms with Gasteiger partial charge < -0.3 is 14.2 Å². The van der Waals surface area contributed by atoms with Crippen LogP contribution in [0.2, 0.25) is 0 Å². The summed E-state index contributed by atoms with van der Waals surface area (Å²) in [6.45, 7) is 0.464. The van der Waals surface area contributed by atoms with Gasteiger partial charge in [-0.2, -0.15) is 0 Å². The number of rotatable bonds is 8. The first-order valence-electron chi connectivity index (χ1n) is 8.91. The van der Waals surface area contributed by atoms with Crippen LogP contribution in [0.15, 0.2) is 78.9 Å². The molecular formula is C24H22O4. The summed E-state index contributed by atoms with van der Waals surface area (Å²) in [7, 11) is 3.10. The minimum Gasteiger partial charge on any atom is -0.497 e. The zero-order valence-corrected chi connectivity index (χ0v) is 15.9. The monoisotopic (exact) mass is 374 g/mol. The first kappa shape index (κ1) is 19.2. The molecule has 3 rings (SSSR count). The first-order chi connectivity index (χ1) is 13.7. The summed E-state index contributed by atoms with van der Waals surface area (Å²) >= 11 is 0. The van der Waals surface area contributed by atoms with E-state index < -0.39 is 0 Å². The van der Waals surface area contributed by atoms with E-state index in [0.29, 0.717) is 23.7 Å². The molecule has 0 spiro atoms. The lowest BCUT2D eigenvalue weighted by molar-refractivity contribution is 0.104. The highest BCUT2D eigenvalue weighted by Crippen LogP contribution is 2.26. The fraction of sp³-hybridized carbons (Fsp3) is 0.125. The number of para-hydroxylation sites is 1. The van der Waals surface area contributed by atoms with Crippen molar-refractivity contribution in [1.29, 1.82) is 0 Å². The van der Waals surface area contributed by atoms with Crippen LogP contribution in [0.5, 0.6) is 17.2 Å². The van der Waals surface area contributed by atoms with Gasteiger partial charge in [0.2, 0.25) is 0 Å². The Labute approximate surface area is 165 Å². The molecule has 28 heavy (non-hydrogen) atoms. The van der Waals surface area contributed by atoms with Gasteiger partial charge >= 0.3 is 0 Å². The Morgan fingerprint density at radius 1 is 0.857 bits per heavy atom. The SMILES string of the molecule is COc1ccc(C(=O)C=Cc2ccccc2OCc2ccccc2)c(OC)c1. The highest BCUT2D eigenvalue weighted by Gasteiger charge is 2.11. The molecule has 0 aliphatic rings. The molecule has 0 saturated heterocycles. The van der Waals surface area contributed by atoms with E-state index in [1.807, 2.05) is 54.6 Å². The van der Waals surface area contributed by atoms with Crippen molar-refractivity contribution in [3.8, 4) is 17.2 Å². The summed E-state index contributed by atoms with van der Waals surface area (Å²) in [5.41, 5.74) is 2.39. The molecule has 0 bridgehead atoms. The van der Waals surface area contributed by atoms with Crippen molar-refractivity contribution < 1.29 is 19.0 Å². The molecule has 0 aromatic heterocycles. The molecule has 0 N–H and O–H groups in total. The Hall–Kier alpha value is -3.53. The molecule has 0 atom stereocenters. The number of allylic oxidation sites excluding steroid dienone is 1. The maximum atomic E-state index is 12.6. The summed E-state index contributed by atoms with van der Waals surface area (Å²) in [6.07, 6.45) is 3.28. The van der Waals surface area contributed by atoms with E-state index in [1.54, 1.807) is 31.4 Å². The minimum atomic E-state index is -0.155. The smallest absolute Gasteiger partial charge is 0.189 e. The molecule has 4 heteroatoms. The fourth-order valence-corrected chi connectivity index (χ4v) is 2.74. The second kappa shape index (κ2) is 9.42. The normalized spacial score (nSPS) is 10.6. The molecule has 0 saturated carbocycles. The van der Waals surface area contributed by atoms with Crippen molar-refractivity contribution in [3.63, 3.8) is 0 Å². The van der Waals surface area contributed by atoms with Gasteiger partial charge in [0, 0.05) is 11.6 Å². The molecule has 142 valence electrons. The summed E-state index contributed by atoms with van der Waals surface area (Å²) < 4.78 is 16.4. The van der Waals surface area contributed by atoms with Gasteiger partial charge in [-0.1, -0.05) is 48.5 Å². The molecular weight excluding hydrogens is 352 g/mol. The number of carbonyl (C=O) groups excluding carboxylic acids is 1. The van der Waals surface area contributed by atoms with E-state index in [-0.39, 0.29) is 5.78 Å². The summed E-state index contributed by atoms with van der Waals surface area (Å²) in [6, 6.07) is 22.7. The second-order valence-corrected chi connectivity index (χ2v) is 6.08. The Morgan fingerprint density at radius 3 is 2.36 bits per heavy atom. The molecule has 0 unspecified atom stereocenters. The maximum absolute atomic E-state index is 12.6. The largest absolute Gasteiger partial charge is 0.497 e. The number of ether oxygens (including phenoxy) is 3. The zero-order valence-electron chi connectivity index (χ0n) is 15.9. The minimum absolute atomic E-state index is 0.155. The van der Waals surface area contributed by atoms with E-state index in [0.717, 1.165) is 16.9 Å². The predicted octanol–water partition coefficient (Wildman–Crippen LogP) is 5.18. The van der Waals surface area contributed by atoms with Crippen molar-refractivity contribution in [2.75, 3.05) is 14.2 Å². The summed E-state index contributed by atoms with van der Waals surface area (Å²) in [4.78, 5) is 12.6. The van der Waals surface area contributed by atoms with Crippen LogP contribution >= 0.6 is 0 Å². The number of hydrogen-bond acceptors (Lipinski definition) is 4. The van der Waals surface area contributed by atoms with Crippen LogP contribution in [-0.4, -0.2) is 20.0 Å². The standard InChI is InChI=1S/C24H22O4/c1-26-20-13-14-21(24(16-20)27-2)22(25)15-12-19-10-6-7-11-23(19)28-17-18-8-4-3-5-9-18/h3-16H,17H2,1-2H3. The third-order valence-electron chi connectivity index (χ3n) is 4.24. The summed E-state index contributed by atoms with van der Waals surface area (Å²) in [5, 5.41) is 0. The maximum Gasteiger partial charge on any atom is 0.189 e. The number of hydrogen-bond donors (Lipinski definition) is 0. The van der Waals surface area contributed by atoms with Crippen LogP contribution in [0.1, 0.15) is 21.5 Å². The molecule has 0 aliphatic carbocycles. The van der Waals surface area contributed by atoms with Crippen molar-refractivity contribution in [2.24, 2.45) is 0 Å². The van der Waals surface area contributed by atoms with Gasteiger partial charge in [-0.3, -0.25) is 4.79 Å². The van der Waals surface area contributed by atoms with Crippen LogP contribution in [0.25, 0.3) is 6.08 Å². The molecule has 4 nitrogen and oxygen atoms in total. The molecule has 3 aromatic rings. The molecule has 0 fully saturated rings. The first-order valence-corrected chi connectivity index (χ1v) is 8.91. The predicted molar refractivity (Wildman–Crippen MR) is 110 cm³/mol. The van der Waals surface area contributed by atoms with Crippen LogP contribution in [0, 0.1) is 0 Å². The molecule has 0 radical (unpaired) electrons. The Kier molecular flexibility index (Phi) is 6.47. The van der Waals surface area contributed by atoms with E-state index in [2.05, 4.69) is 0 Å². The van der Waals surface area contributed by atoms with Crippen LogP contribution in [0.3, 0.4) is 0 Å². The van der Waals surface area contributed by atoms with E-state index >= 15 is 0 Å². The number of carbonyl (C=O) groups is 1. The van der Waals surface area contributed by atoms with Crippen molar-refractivity contribution in [1.82, 2.24) is 0 Å². The highest BCUT2D eigenvalue weighted by atomic mass is 16.5. The fourth-order valence-electron chi connectivity index (χ4n) is 2.74. The van der Waals surface area contributed by atoms with E-state index in [4.69, 9.17) is 14.2 Å². The number of methoxy groups -OCH3 is 2. The van der Waals surface area contributed by atoms with E-state index in [9.17, 15) is 4.79 Å². The number of ketones is 1. The van der Waals surface area contributed by atoms with Gasteiger partial charge in [0.15, 0.2) is 5.78 Å². The summed E-state index contributed by atoms with van der Waals surface area (Å²) in [5.74, 6) is 1.68. The quantitative estimate of drug-likeness (QED) is 0.403. The lowest BCUT2D eigenvalue weighted by atomic mass is 10.1. The third kappa shape index (κ3) is 4.80. The second-order valence-electron chi connectivity index (χ2n) is 6.08. The molecule has 0 amide bonds. The number of benzene rings is 3. The topological polar surface area (TPSA) is 44.8 Å². The Morgan fingerprint density at radius 2 is 1.61 bits per heavy atom. The van der Waals surface area contributed by atoms with Crippen molar-refractivity contribution >= 4 is 11.9 Å². The Bertz CT molecular complexity index is 961. The van der Waals surface area contributed by atoms with Gasteiger partial charge in [0.05, 0.1) is 19.8 Å². The Balaban J connectivity index is 1.76. The molecule has 0 heterocycles. The van der Waals surface area contributed by atoms with Gasteiger partial charge in [0.1, 0.15) is 23.9 Å². The van der Waals surface area contributed by atoms with Gasteiger partial charge in [0.25, 0.3) is 0 Å². The zero-order chi connectivity index (χ0) is 19.8. The van der Waals surface area contributed by atoms with Gasteiger partial charge in [-0.25, -0.2) is 0 Å². The third-order valence-corrected chi connectivity index (χ3v) is 4.24. The average molecular weight is 374 g/mol. The van der Waals surface area contributed by atoms with Gasteiger partial charge in [-0.05, 0) is 35.9 Å². The van der Waals surface area contributed by atoms with Crippen LogP contribution in [-0.2, 0) is 6.61 Å². The highest BCUT2D eigenvalue weighted by molar-refractivity contribution is 6.08. The molecule has 0 aliphatic heterocycles. The lowest BCUT2D eigenvalue weighted by Gasteiger charge is -2.10. The van der Waals surface area contributed by atoms with Crippen molar-refractivity contribution in [3.05, 3.63) is 95.6 Å². The van der Waals surface area contributed by atoms with Crippen LogP contribution < -0.4 is 14.2 Å². The van der Waals surface area contributed by atoms with Crippen LogP contribution in [0.4, 0.5) is 0 Å². The van der Waals surface area contributed by atoms with Crippen molar-refractivity contribution in [2.45, 2.75) is 6.61 Å². The molecule has 3 aromatic carbocycles. The average Bonchev–Trinajstić information content (AvgIpc) is 2.76.